The van der Waals surface area contributed by atoms with E-state index in [-0.39, 0.29) is 11.9 Å². The molecule has 0 saturated carbocycles. The fraction of sp³-hybridized carbons (Fsp3) is 0.316. The number of fused-ring (bicyclic) bond motifs is 1. The first-order valence-electron chi connectivity index (χ1n) is 8.23. The van der Waals surface area contributed by atoms with Crippen molar-refractivity contribution in [3.8, 4) is 11.5 Å². The summed E-state index contributed by atoms with van der Waals surface area (Å²) in [7, 11) is 0. The van der Waals surface area contributed by atoms with Crippen molar-refractivity contribution in [2.75, 3.05) is 19.0 Å². The average molecular weight is 412 g/mol. The molecule has 1 aliphatic rings. The van der Waals surface area contributed by atoms with Gasteiger partial charge in [0.25, 0.3) is 0 Å². The van der Waals surface area contributed by atoms with E-state index in [1.54, 1.807) is 6.07 Å². The highest BCUT2D eigenvalue weighted by Crippen LogP contribution is 2.32. The molecular formula is C19H19Cl2NO3S. The normalized spacial score (nSPS) is 14.0. The molecule has 1 heterocycles. The summed E-state index contributed by atoms with van der Waals surface area (Å²) in [5, 5.41) is 4.07. The minimum absolute atomic E-state index is 0.0163. The molecule has 2 aromatic rings. The van der Waals surface area contributed by atoms with Crippen LogP contribution in [0.3, 0.4) is 0 Å². The summed E-state index contributed by atoms with van der Waals surface area (Å²) < 4.78 is 11.1. The average Bonchev–Trinajstić information content (AvgIpc) is 2.64. The van der Waals surface area contributed by atoms with Gasteiger partial charge in [0.05, 0.1) is 21.8 Å². The Morgan fingerprint density at radius 1 is 1.12 bits per heavy atom. The highest BCUT2D eigenvalue weighted by Gasteiger charge is 2.15. The summed E-state index contributed by atoms with van der Waals surface area (Å²) in [5.41, 5.74) is 2.02. The second kappa shape index (κ2) is 8.89. The van der Waals surface area contributed by atoms with Gasteiger partial charge in [0.15, 0.2) is 11.5 Å². The van der Waals surface area contributed by atoms with Gasteiger partial charge in [-0.1, -0.05) is 35.3 Å². The Kier molecular flexibility index (Phi) is 6.57. The van der Waals surface area contributed by atoms with Crippen molar-refractivity contribution < 1.29 is 14.3 Å². The Labute approximate surface area is 167 Å². The molecule has 3 rings (SSSR count). The molecule has 1 unspecified atom stereocenters. The lowest BCUT2D eigenvalue weighted by Crippen LogP contribution is -2.28. The SMILES string of the molecule is CC(NC(=O)CSCc1ccc(Cl)c(Cl)c1)c1ccc2c(c1)OCCO2. The van der Waals surface area contributed by atoms with E-state index in [2.05, 4.69) is 5.32 Å². The zero-order valence-corrected chi connectivity index (χ0v) is 16.6. The number of rotatable bonds is 6. The Hall–Kier alpha value is -1.56. The standard InChI is InChI=1S/C19H19Cl2NO3S/c1-12(14-3-5-17-18(9-14)25-7-6-24-17)22-19(23)11-26-10-13-2-4-15(20)16(21)8-13/h2-5,8-9,12H,6-7,10-11H2,1H3,(H,22,23). The third-order valence-corrected chi connectivity index (χ3v) is 5.67. The number of hydrogen-bond acceptors (Lipinski definition) is 4. The van der Waals surface area contributed by atoms with Crippen molar-refractivity contribution in [3.05, 3.63) is 57.6 Å². The second-order valence-corrected chi connectivity index (χ2v) is 7.73. The van der Waals surface area contributed by atoms with Gasteiger partial charge >= 0.3 is 0 Å². The maximum Gasteiger partial charge on any atom is 0.230 e. The Morgan fingerprint density at radius 2 is 1.88 bits per heavy atom. The number of hydrogen-bond donors (Lipinski definition) is 1. The molecule has 26 heavy (non-hydrogen) atoms. The Morgan fingerprint density at radius 3 is 2.65 bits per heavy atom. The smallest absolute Gasteiger partial charge is 0.230 e. The van der Waals surface area contributed by atoms with Crippen molar-refractivity contribution in [2.45, 2.75) is 18.7 Å². The lowest BCUT2D eigenvalue weighted by atomic mass is 10.1. The molecule has 4 nitrogen and oxygen atoms in total. The van der Waals surface area contributed by atoms with Crippen LogP contribution in [-0.4, -0.2) is 24.9 Å². The van der Waals surface area contributed by atoms with Gasteiger partial charge < -0.3 is 14.8 Å². The molecule has 0 radical (unpaired) electrons. The van der Waals surface area contributed by atoms with Crippen LogP contribution in [0.2, 0.25) is 10.0 Å². The van der Waals surface area contributed by atoms with Crippen molar-refractivity contribution >= 4 is 40.9 Å². The fourth-order valence-corrected chi connectivity index (χ4v) is 3.69. The molecule has 7 heteroatoms. The molecule has 0 aliphatic carbocycles. The van der Waals surface area contributed by atoms with E-state index in [1.165, 1.54) is 11.8 Å². The molecular weight excluding hydrogens is 393 g/mol. The molecule has 2 aromatic carbocycles. The Balaban J connectivity index is 1.49. The number of carbonyl (C=O) groups excluding carboxylic acids is 1. The van der Waals surface area contributed by atoms with Crippen LogP contribution in [0, 0.1) is 0 Å². The van der Waals surface area contributed by atoms with Gasteiger partial charge in [0.2, 0.25) is 5.91 Å². The van der Waals surface area contributed by atoms with Gasteiger partial charge in [0.1, 0.15) is 13.2 Å². The van der Waals surface area contributed by atoms with E-state index in [0.29, 0.717) is 34.8 Å². The number of amides is 1. The largest absolute Gasteiger partial charge is 0.486 e. The number of thioether (sulfide) groups is 1. The van der Waals surface area contributed by atoms with E-state index in [0.717, 1.165) is 22.6 Å². The number of benzene rings is 2. The summed E-state index contributed by atoms with van der Waals surface area (Å²) in [5.74, 6) is 2.52. The lowest BCUT2D eigenvalue weighted by molar-refractivity contribution is -0.119. The maximum atomic E-state index is 12.2. The van der Waals surface area contributed by atoms with E-state index in [9.17, 15) is 4.79 Å². The molecule has 1 atom stereocenters. The highest BCUT2D eigenvalue weighted by atomic mass is 35.5. The van der Waals surface area contributed by atoms with Crippen LogP contribution in [0.1, 0.15) is 24.1 Å². The van der Waals surface area contributed by atoms with E-state index in [1.807, 2.05) is 37.3 Å². The molecule has 1 N–H and O–H groups in total. The molecule has 0 fully saturated rings. The summed E-state index contributed by atoms with van der Waals surface area (Å²) in [6.07, 6.45) is 0. The lowest BCUT2D eigenvalue weighted by Gasteiger charge is -2.21. The predicted molar refractivity (Wildman–Crippen MR) is 107 cm³/mol. The number of halogens is 2. The van der Waals surface area contributed by atoms with Crippen molar-refractivity contribution in [1.82, 2.24) is 5.32 Å². The van der Waals surface area contributed by atoms with Crippen molar-refractivity contribution in [3.63, 3.8) is 0 Å². The molecule has 138 valence electrons. The highest BCUT2D eigenvalue weighted by molar-refractivity contribution is 7.99. The number of nitrogens with one attached hydrogen (secondary N) is 1. The van der Waals surface area contributed by atoms with Crippen LogP contribution in [0.25, 0.3) is 0 Å². The molecule has 0 aromatic heterocycles. The van der Waals surface area contributed by atoms with Crippen LogP contribution >= 0.6 is 35.0 Å². The minimum Gasteiger partial charge on any atom is -0.486 e. The molecule has 0 saturated heterocycles. The Bertz CT molecular complexity index is 800. The van der Waals surface area contributed by atoms with Gasteiger partial charge in [-0.25, -0.2) is 0 Å². The summed E-state index contributed by atoms with van der Waals surface area (Å²) in [4.78, 5) is 12.2. The van der Waals surface area contributed by atoms with Gasteiger partial charge in [-0.05, 0) is 42.3 Å². The molecule has 1 amide bonds. The van der Waals surface area contributed by atoms with Gasteiger partial charge in [-0.15, -0.1) is 11.8 Å². The zero-order chi connectivity index (χ0) is 18.5. The van der Waals surface area contributed by atoms with Gasteiger partial charge in [-0.3, -0.25) is 4.79 Å². The van der Waals surface area contributed by atoms with E-state index >= 15 is 0 Å². The van der Waals surface area contributed by atoms with Crippen molar-refractivity contribution in [2.24, 2.45) is 0 Å². The summed E-state index contributed by atoms with van der Waals surface area (Å²) in [6.45, 7) is 3.06. The fourth-order valence-electron chi connectivity index (χ4n) is 2.59. The molecule has 0 bridgehead atoms. The van der Waals surface area contributed by atoms with Gasteiger partial charge in [0, 0.05) is 5.75 Å². The third-order valence-electron chi connectivity index (χ3n) is 3.93. The van der Waals surface area contributed by atoms with Crippen LogP contribution in [0.15, 0.2) is 36.4 Å². The topological polar surface area (TPSA) is 47.6 Å². The monoisotopic (exact) mass is 411 g/mol. The van der Waals surface area contributed by atoms with E-state index < -0.39 is 0 Å². The second-order valence-electron chi connectivity index (χ2n) is 5.93. The van der Waals surface area contributed by atoms with Gasteiger partial charge in [-0.2, -0.15) is 0 Å². The number of carbonyl (C=O) groups is 1. The predicted octanol–water partition coefficient (Wildman–Crippen LogP) is 4.88. The maximum absolute atomic E-state index is 12.2. The molecule has 0 spiro atoms. The van der Waals surface area contributed by atoms with Crippen LogP contribution in [0.5, 0.6) is 11.5 Å². The van der Waals surface area contributed by atoms with Crippen molar-refractivity contribution in [1.29, 1.82) is 0 Å². The first kappa shape index (κ1) is 19.2. The van der Waals surface area contributed by atoms with Crippen LogP contribution in [-0.2, 0) is 10.5 Å². The summed E-state index contributed by atoms with van der Waals surface area (Å²) in [6, 6.07) is 11.1. The van der Waals surface area contributed by atoms with Crippen LogP contribution in [0.4, 0.5) is 0 Å². The first-order chi connectivity index (χ1) is 12.5. The first-order valence-corrected chi connectivity index (χ1v) is 10.1. The zero-order valence-electron chi connectivity index (χ0n) is 14.3. The van der Waals surface area contributed by atoms with Crippen LogP contribution < -0.4 is 14.8 Å². The third kappa shape index (κ3) is 5.00. The molecule has 1 aliphatic heterocycles. The van der Waals surface area contributed by atoms with E-state index in [4.69, 9.17) is 32.7 Å². The quantitative estimate of drug-likeness (QED) is 0.735. The summed E-state index contributed by atoms with van der Waals surface area (Å²) >= 11 is 13.4. The number of ether oxygens (including phenoxy) is 2. The minimum atomic E-state index is -0.107.